The van der Waals surface area contributed by atoms with Gasteiger partial charge in [0.15, 0.2) is 6.10 Å². The Morgan fingerprint density at radius 3 is 2.50 bits per heavy atom. The minimum atomic E-state index is -1.02. The van der Waals surface area contributed by atoms with Gasteiger partial charge in [0.05, 0.1) is 12.2 Å². The Bertz CT molecular complexity index is 505. The molecule has 0 radical (unpaired) electrons. The zero-order valence-corrected chi connectivity index (χ0v) is 11.8. The Kier molecular flexibility index (Phi) is 4.08. The summed E-state index contributed by atoms with van der Waals surface area (Å²) < 4.78 is 10.3. The highest BCUT2D eigenvalue weighted by Crippen LogP contribution is 2.22. The summed E-state index contributed by atoms with van der Waals surface area (Å²) in [6.45, 7) is 3.98. The largest absolute Gasteiger partial charge is 0.479 e. The van der Waals surface area contributed by atoms with Crippen molar-refractivity contribution in [1.29, 1.82) is 0 Å². The fraction of sp³-hybridized carbons (Fsp3) is 0.615. The summed E-state index contributed by atoms with van der Waals surface area (Å²) >= 11 is 0. The molecule has 7 heteroatoms. The maximum absolute atomic E-state index is 12.2. The topological polar surface area (TPSA) is 92.9 Å². The van der Waals surface area contributed by atoms with Crippen LogP contribution in [0.4, 0.5) is 0 Å². The van der Waals surface area contributed by atoms with Crippen molar-refractivity contribution in [3.63, 3.8) is 0 Å². The third kappa shape index (κ3) is 2.82. The number of ether oxygens (including phenoxy) is 1. The molecule has 0 spiro atoms. The van der Waals surface area contributed by atoms with Gasteiger partial charge in [0, 0.05) is 12.6 Å². The van der Waals surface area contributed by atoms with E-state index < -0.39 is 18.2 Å². The van der Waals surface area contributed by atoms with Gasteiger partial charge in [-0.25, -0.2) is 4.79 Å². The summed E-state index contributed by atoms with van der Waals surface area (Å²) in [5, 5.41) is 12.7. The average molecular weight is 282 g/mol. The van der Waals surface area contributed by atoms with Gasteiger partial charge in [-0.15, -0.1) is 0 Å². The van der Waals surface area contributed by atoms with Crippen molar-refractivity contribution in [1.82, 2.24) is 10.1 Å². The van der Waals surface area contributed by atoms with E-state index in [1.165, 1.54) is 4.90 Å². The number of carboxylic acids is 1. The number of hydrogen-bond acceptors (Lipinski definition) is 5. The Labute approximate surface area is 116 Å². The first-order chi connectivity index (χ1) is 9.40. The third-order valence-corrected chi connectivity index (χ3v) is 3.52. The molecule has 20 heavy (non-hydrogen) atoms. The lowest BCUT2D eigenvalue weighted by molar-refractivity contribution is -0.154. The monoisotopic (exact) mass is 282 g/mol. The molecule has 1 amide bonds. The molecule has 1 N–H and O–H groups in total. The maximum atomic E-state index is 12.2. The minimum Gasteiger partial charge on any atom is -0.479 e. The molecule has 0 aliphatic carbocycles. The molecule has 7 nitrogen and oxygen atoms in total. The molecule has 0 bridgehead atoms. The molecule has 2 atom stereocenters. The fourth-order valence-electron chi connectivity index (χ4n) is 2.29. The molecule has 1 aromatic rings. The number of carbonyl (C=O) groups excluding carboxylic acids is 1. The molecule has 1 saturated heterocycles. The Morgan fingerprint density at radius 1 is 1.35 bits per heavy atom. The molecule has 110 valence electrons. The van der Waals surface area contributed by atoms with E-state index in [9.17, 15) is 9.59 Å². The van der Waals surface area contributed by atoms with E-state index >= 15 is 0 Å². The van der Waals surface area contributed by atoms with E-state index in [1.807, 2.05) is 6.92 Å². The minimum absolute atomic E-state index is 0.214. The second kappa shape index (κ2) is 5.62. The van der Waals surface area contributed by atoms with Crippen LogP contribution in [0.25, 0.3) is 0 Å². The molecule has 2 heterocycles. The molecule has 2 unspecified atom stereocenters. The molecule has 0 saturated carbocycles. The molecule has 1 aliphatic rings. The zero-order valence-electron chi connectivity index (χ0n) is 11.8. The van der Waals surface area contributed by atoms with E-state index in [1.54, 1.807) is 14.0 Å². The summed E-state index contributed by atoms with van der Waals surface area (Å²) in [6.07, 6.45) is -0.759. The highest BCUT2D eigenvalue weighted by atomic mass is 16.5. The molecule has 1 fully saturated rings. The highest BCUT2D eigenvalue weighted by Gasteiger charge is 2.36. The number of carboxylic acid groups (broad SMARTS) is 1. The van der Waals surface area contributed by atoms with Crippen LogP contribution in [0.3, 0.4) is 0 Å². The van der Waals surface area contributed by atoms with Crippen molar-refractivity contribution in [2.45, 2.75) is 45.4 Å². The van der Waals surface area contributed by atoms with E-state index in [0.717, 1.165) is 11.3 Å². The first-order valence-corrected chi connectivity index (χ1v) is 6.45. The van der Waals surface area contributed by atoms with Gasteiger partial charge in [-0.2, -0.15) is 0 Å². The van der Waals surface area contributed by atoms with Crippen LogP contribution in [0, 0.1) is 13.8 Å². The first-order valence-electron chi connectivity index (χ1n) is 6.45. The van der Waals surface area contributed by atoms with Crippen molar-refractivity contribution in [2.24, 2.45) is 0 Å². The standard InChI is InChI=1S/C13H18N2O5/c1-7-9(8(2)20-14-7)6-15(3)12(16)10-4-5-11(19-10)13(17)18/h10-11H,4-6H2,1-3H3,(H,17,18). The number of rotatable bonds is 4. The third-order valence-electron chi connectivity index (χ3n) is 3.52. The second-order valence-electron chi connectivity index (χ2n) is 5.03. The van der Waals surface area contributed by atoms with E-state index in [4.69, 9.17) is 14.4 Å². The van der Waals surface area contributed by atoms with Gasteiger partial charge in [-0.3, -0.25) is 4.79 Å². The number of aliphatic carboxylic acids is 1. The molecule has 2 rings (SSSR count). The number of aryl methyl sites for hydroxylation is 2. The summed E-state index contributed by atoms with van der Waals surface area (Å²) in [5.41, 5.74) is 1.62. The van der Waals surface area contributed by atoms with Crippen molar-refractivity contribution in [3.05, 3.63) is 17.0 Å². The molecular formula is C13H18N2O5. The molecular weight excluding hydrogens is 264 g/mol. The molecule has 1 aromatic heterocycles. The quantitative estimate of drug-likeness (QED) is 0.881. The Balaban J connectivity index is 1.98. The number of amides is 1. The smallest absolute Gasteiger partial charge is 0.332 e. The maximum Gasteiger partial charge on any atom is 0.332 e. The van der Waals surface area contributed by atoms with E-state index in [0.29, 0.717) is 25.1 Å². The molecule has 0 aromatic carbocycles. The first kappa shape index (κ1) is 14.5. The van der Waals surface area contributed by atoms with Crippen molar-refractivity contribution in [3.8, 4) is 0 Å². The SMILES string of the molecule is Cc1noc(C)c1CN(C)C(=O)C1CCC(C(=O)O)O1. The van der Waals surface area contributed by atoms with Crippen LogP contribution in [0.5, 0.6) is 0 Å². The normalized spacial score (nSPS) is 21.9. The summed E-state index contributed by atoms with van der Waals surface area (Å²) in [6, 6.07) is 0. The van der Waals surface area contributed by atoms with Gasteiger partial charge in [0.2, 0.25) is 0 Å². The van der Waals surface area contributed by atoms with Gasteiger partial charge < -0.3 is 19.3 Å². The van der Waals surface area contributed by atoms with Gasteiger partial charge in [-0.1, -0.05) is 5.16 Å². The Morgan fingerprint density at radius 2 is 2.00 bits per heavy atom. The van der Waals surface area contributed by atoms with Crippen LogP contribution in [-0.4, -0.2) is 46.3 Å². The zero-order chi connectivity index (χ0) is 14.9. The van der Waals surface area contributed by atoms with Gasteiger partial charge >= 0.3 is 5.97 Å². The lowest BCUT2D eigenvalue weighted by Gasteiger charge is -2.20. The van der Waals surface area contributed by atoms with Crippen LogP contribution in [-0.2, 0) is 20.9 Å². The predicted molar refractivity (Wildman–Crippen MR) is 68.0 cm³/mol. The van der Waals surface area contributed by atoms with Crippen LogP contribution < -0.4 is 0 Å². The lowest BCUT2D eigenvalue weighted by Crippen LogP contribution is -2.37. The van der Waals surface area contributed by atoms with Gasteiger partial charge in [0.1, 0.15) is 11.9 Å². The van der Waals surface area contributed by atoms with Crippen LogP contribution in [0.2, 0.25) is 0 Å². The van der Waals surface area contributed by atoms with Crippen molar-refractivity contribution >= 4 is 11.9 Å². The number of hydrogen-bond donors (Lipinski definition) is 1. The summed E-state index contributed by atoms with van der Waals surface area (Å²) in [5.74, 6) is -0.555. The average Bonchev–Trinajstić information content (AvgIpc) is 3.00. The number of likely N-dealkylation sites (N-methyl/N-ethyl adjacent to an activating group) is 1. The van der Waals surface area contributed by atoms with Crippen LogP contribution in [0.15, 0.2) is 4.52 Å². The highest BCUT2D eigenvalue weighted by molar-refractivity contribution is 5.82. The second-order valence-corrected chi connectivity index (χ2v) is 5.03. The van der Waals surface area contributed by atoms with Crippen molar-refractivity contribution < 1.29 is 24.0 Å². The van der Waals surface area contributed by atoms with Crippen molar-refractivity contribution in [2.75, 3.05) is 7.05 Å². The van der Waals surface area contributed by atoms with E-state index in [-0.39, 0.29) is 5.91 Å². The summed E-state index contributed by atoms with van der Waals surface area (Å²) in [4.78, 5) is 24.5. The summed E-state index contributed by atoms with van der Waals surface area (Å²) in [7, 11) is 1.66. The number of nitrogens with zero attached hydrogens (tertiary/aromatic N) is 2. The van der Waals surface area contributed by atoms with Gasteiger partial charge in [-0.05, 0) is 26.7 Å². The van der Waals surface area contributed by atoms with Gasteiger partial charge in [0.25, 0.3) is 5.91 Å². The molecule has 1 aliphatic heterocycles. The Hall–Kier alpha value is -1.89. The lowest BCUT2D eigenvalue weighted by atomic mass is 10.1. The number of aromatic nitrogens is 1. The van der Waals surface area contributed by atoms with Crippen LogP contribution >= 0.6 is 0 Å². The fourth-order valence-corrected chi connectivity index (χ4v) is 2.29. The number of carbonyl (C=O) groups is 2. The predicted octanol–water partition coefficient (Wildman–Crippen LogP) is 0.882. The van der Waals surface area contributed by atoms with E-state index in [2.05, 4.69) is 5.16 Å². The van der Waals surface area contributed by atoms with Crippen LogP contribution in [0.1, 0.15) is 29.9 Å².